The summed E-state index contributed by atoms with van der Waals surface area (Å²) >= 11 is 0. The maximum absolute atomic E-state index is 12.9. The molecule has 4 N–H and O–H groups in total. The molecular weight excluding hydrogens is 819 g/mol. The zero-order valence-electron chi connectivity index (χ0n) is 28.6. The van der Waals surface area contributed by atoms with Crippen LogP contribution < -0.4 is 21.7 Å². The summed E-state index contributed by atoms with van der Waals surface area (Å²) in [6, 6.07) is 27.6. The molecule has 0 fully saturated rings. The van der Waals surface area contributed by atoms with Crippen LogP contribution in [0.5, 0.6) is 0 Å². The molecule has 4 heterocycles. The van der Waals surface area contributed by atoms with Crippen molar-refractivity contribution in [3.05, 3.63) is 150 Å². The van der Waals surface area contributed by atoms with Gasteiger partial charge in [0.1, 0.15) is 20.2 Å². The number of H-pyrrole nitrogens is 4. The van der Waals surface area contributed by atoms with Gasteiger partial charge in [0.2, 0.25) is 0 Å². The van der Waals surface area contributed by atoms with E-state index in [9.17, 15) is 45.1 Å². The number of para-hydroxylation sites is 2. The largest absolute Gasteiger partial charge is 2.00 e. The summed E-state index contributed by atoms with van der Waals surface area (Å²) in [7, 11) is -9.31. The second-order valence-corrected chi connectivity index (χ2v) is 15.9. The van der Waals surface area contributed by atoms with E-state index in [0.29, 0.717) is 65.4 Å². The topological polar surface area (TPSA) is 246 Å². The SMILES string of the molecule is O=c1c2ccccc2[nH]c2cc3c(=O)c4ccc(S(=O)(=O)[O-])cc4[nH]c3cc12.O=c1c2ccccc2[nH]c2cc3c(=O)c4ccc(S(=O)(=O)[O-])cc4[nH]c3cc12.[Ni+2]. The first kappa shape index (κ1) is 37.4. The predicted octanol–water partition coefficient (Wildman–Crippen LogP) is 5.16. The van der Waals surface area contributed by atoms with Crippen LogP contribution in [0.4, 0.5) is 0 Å². The van der Waals surface area contributed by atoms with Gasteiger partial charge in [0, 0.05) is 54.1 Å². The van der Waals surface area contributed by atoms with Crippen molar-refractivity contribution in [2.24, 2.45) is 0 Å². The molecule has 10 rings (SSSR count). The predicted molar refractivity (Wildman–Crippen MR) is 211 cm³/mol. The first-order valence-electron chi connectivity index (χ1n) is 16.7. The Bertz CT molecular complexity index is 3620. The fourth-order valence-electron chi connectivity index (χ4n) is 7.07. The van der Waals surface area contributed by atoms with E-state index in [1.807, 2.05) is 12.1 Å². The van der Waals surface area contributed by atoms with Crippen LogP contribution in [0.25, 0.3) is 87.2 Å². The second-order valence-electron chi connectivity index (χ2n) is 13.1. The van der Waals surface area contributed by atoms with Crippen molar-refractivity contribution in [1.29, 1.82) is 0 Å². The molecular formula is C40H22N4NiO10S2. The fourth-order valence-corrected chi connectivity index (χ4v) is 8.06. The summed E-state index contributed by atoms with van der Waals surface area (Å²) in [5.74, 6) is 0. The van der Waals surface area contributed by atoms with E-state index in [2.05, 4.69) is 19.9 Å². The molecule has 6 aromatic carbocycles. The van der Waals surface area contributed by atoms with Gasteiger partial charge in [0.15, 0.2) is 21.7 Å². The van der Waals surface area contributed by atoms with E-state index in [1.165, 1.54) is 12.1 Å². The number of aromatic nitrogens is 4. The van der Waals surface area contributed by atoms with Crippen molar-refractivity contribution < 1.29 is 42.4 Å². The van der Waals surface area contributed by atoms with E-state index < -0.39 is 30.0 Å². The molecule has 0 bridgehead atoms. The van der Waals surface area contributed by atoms with E-state index in [1.54, 1.807) is 60.7 Å². The normalized spacial score (nSPS) is 12.1. The Morgan fingerprint density at radius 3 is 0.912 bits per heavy atom. The van der Waals surface area contributed by atoms with Crippen LogP contribution in [-0.2, 0) is 36.7 Å². The van der Waals surface area contributed by atoms with E-state index in [4.69, 9.17) is 0 Å². The molecule has 0 atom stereocenters. The molecule has 17 heteroatoms. The Hall–Kier alpha value is -6.49. The van der Waals surface area contributed by atoms with Crippen LogP contribution in [0.15, 0.2) is 138 Å². The smallest absolute Gasteiger partial charge is 0.744 e. The summed E-state index contributed by atoms with van der Waals surface area (Å²) in [6.07, 6.45) is 0. The molecule has 0 unspecified atom stereocenters. The number of hydrogen-bond donors (Lipinski definition) is 4. The van der Waals surface area contributed by atoms with E-state index >= 15 is 0 Å². The Morgan fingerprint density at radius 1 is 0.333 bits per heavy atom. The zero-order chi connectivity index (χ0) is 39.3. The molecule has 57 heavy (non-hydrogen) atoms. The van der Waals surface area contributed by atoms with Gasteiger partial charge < -0.3 is 29.0 Å². The van der Waals surface area contributed by atoms with Crippen molar-refractivity contribution >= 4 is 107 Å². The summed E-state index contributed by atoms with van der Waals surface area (Å²) < 4.78 is 67.7. The molecule has 0 saturated carbocycles. The first-order chi connectivity index (χ1) is 26.7. The first-order valence-corrected chi connectivity index (χ1v) is 19.5. The number of nitrogens with one attached hydrogen (secondary N) is 4. The van der Waals surface area contributed by atoms with Gasteiger partial charge in [-0.05, 0) is 84.9 Å². The van der Waals surface area contributed by atoms with Gasteiger partial charge in [-0.2, -0.15) is 0 Å². The van der Waals surface area contributed by atoms with Crippen LogP contribution in [-0.4, -0.2) is 45.9 Å². The van der Waals surface area contributed by atoms with E-state index in [0.717, 1.165) is 24.3 Å². The number of aromatic amines is 4. The molecule has 0 saturated heterocycles. The summed E-state index contributed by atoms with van der Waals surface area (Å²) in [6.45, 7) is 0. The van der Waals surface area contributed by atoms with Gasteiger partial charge in [-0.1, -0.05) is 24.3 Å². The Morgan fingerprint density at radius 2 is 0.596 bits per heavy atom. The van der Waals surface area contributed by atoms with Crippen molar-refractivity contribution in [3.63, 3.8) is 0 Å². The van der Waals surface area contributed by atoms with Gasteiger partial charge in [0.05, 0.1) is 42.9 Å². The minimum Gasteiger partial charge on any atom is -0.744 e. The number of pyridine rings is 4. The van der Waals surface area contributed by atoms with Crippen LogP contribution in [0.1, 0.15) is 0 Å². The van der Waals surface area contributed by atoms with Crippen LogP contribution in [0, 0.1) is 0 Å². The van der Waals surface area contributed by atoms with Crippen LogP contribution in [0.2, 0.25) is 0 Å². The third-order valence-electron chi connectivity index (χ3n) is 9.76. The summed E-state index contributed by atoms with van der Waals surface area (Å²) in [5.41, 5.74) is 2.58. The number of hydrogen-bond acceptors (Lipinski definition) is 10. The molecule has 14 nitrogen and oxygen atoms in total. The van der Waals surface area contributed by atoms with Crippen LogP contribution >= 0.6 is 0 Å². The average Bonchev–Trinajstić information content (AvgIpc) is 3.17. The van der Waals surface area contributed by atoms with Gasteiger partial charge in [0.25, 0.3) is 0 Å². The standard InChI is InChI=1S/2C20H12N2O5S.Ni/c2*23-19-11-3-1-2-4-15(11)21-17-8-14-18(9-13(17)19)22-16-7-10(28(25,26)27)5-6-12(16)20(14)24;/h2*1-9H,(H,21,23)(H,22,24)(H,25,26,27);/q;;+2/p-2. The molecule has 0 spiro atoms. The molecule has 0 aliphatic rings. The quantitative estimate of drug-likeness (QED) is 0.101. The Balaban J connectivity index is 0.000000157. The molecule has 284 valence electrons. The van der Waals surface area contributed by atoms with Crippen molar-refractivity contribution in [2.45, 2.75) is 9.79 Å². The minimum absolute atomic E-state index is 0. The van der Waals surface area contributed by atoms with Gasteiger partial charge in [-0.15, -0.1) is 0 Å². The number of fused-ring (bicyclic) bond motifs is 8. The molecule has 0 aliphatic heterocycles. The monoisotopic (exact) mass is 840 g/mol. The average molecular weight is 841 g/mol. The third-order valence-corrected chi connectivity index (χ3v) is 11.4. The van der Waals surface area contributed by atoms with Crippen LogP contribution in [0.3, 0.4) is 0 Å². The Kier molecular flexibility index (Phi) is 8.75. The number of benzene rings is 6. The second kappa shape index (κ2) is 13.3. The maximum atomic E-state index is 12.9. The molecule has 10 aromatic rings. The van der Waals surface area contributed by atoms with Gasteiger partial charge in [-0.3, -0.25) is 19.2 Å². The molecule has 0 amide bonds. The van der Waals surface area contributed by atoms with Gasteiger partial charge >= 0.3 is 16.5 Å². The van der Waals surface area contributed by atoms with Crippen molar-refractivity contribution in [3.8, 4) is 0 Å². The zero-order valence-corrected chi connectivity index (χ0v) is 31.2. The minimum atomic E-state index is -4.65. The Labute approximate surface area is 328 Å². The number of rotatable bonds is 2. The third kappa shape index (κ3) is 6.27. The maximum Gasteiger partial charge on any atom is 2.00 e. The van der Waals surface area contributed by atoms with E-state index in [-0.39, 0.29) is 60.0 Å². The van der Waals surface area contributed by atoms with Gasteiger partial charge in [-0.25, -0.2) is 16.8 Å². The summed E-state index contributed by atoms with van der Waals surface area (Å²) in [4.78, 5) is 62.9. The molecule has 4 aromatic heterocycles. The van der Waals surface area contributed by atoms with Crippen molar-refractivity contribution in [2.75, 3.05) is 0 Å². The molecule has 0 radical (unpaired) electrons. The fraction of sp³-hybridized carbons (Fsp3) is 0. The summed E-state index contributed by atoms with van der Waals surface area (Å²) in [5, 5.41) is 3.05. The molecule has 0 aliphatic carbocycles. The van der Waals surface area contributed by atoms with Crippen molar-refractivity contribution in [1.82, 2.24) is 19.9 Å².